The fourth-order valence-electron chi connectivity index (χ4n) is 2.91. The fraction of sp³-hybridized carbons (Fsp3) is 0.200. The summed E-state index contributed by atoms with van der Waals surface area (Å²) in [4.78, 5) is 11.1. The van der Waals surface area contributed by atoms with Crippen molar-refractivity contribution in [2.24, 2.45) is 0 Å². The third-order valence-corrected chi connectivity index (χ3v) is 6.02. The fourth-order valence-corrected chi connectivity index (χ4v) is 4.59. The topological polar surface area (TPSA) is 67.3 Å². The van der Waals surface area contributed by atoms with Crippen molar-refractivity contribution in [3.05, 3.63) is 63.9 Å². The molecule has 1 atom stereocenters. The summed E-state index contributed by atoms with van der Waals surface area (Å²) in [6, 6.07) is 14.1. The summed E-state index contributed by atoms with van der Waals surface area (Å²) >= 11 is 3.13. The number of methoxy groups -OCH3 is 1. The lowest BCUT2D eigenvalue weighted by Crippen LogP contribution is -2.13. The highest BCUT2D eigenvalue weighted by molar-refractivity contribution is 7.17. The predicted molar refractivity (Wildman–Crippen MR) is 111 cm³/mol. The standard InChI is InChI=1S/C20H19N3O2S2/c1-25-11-17-22-19(21-10-15(24)16-8-5-9-26-16)18-14(12-27-20(18)23-17)13-6-3-2-4-7-13/h2-9,12,15,24H,10-11H2,1H3,(H,21,22,23)/t15-/m0/s1. The zero-order valence-electron chi connectivity index (χ0n) is 14.8. The smallest absolute Gasteiger partial charge is 0.158 e. The Morgan fingerprint density at radius 1 is 1.11 bits per heavy atom. The van der Waals surface area contributed by atoms with Crippen molar-refractivity contribution in [2.75, 3.05) is 19.0 Å². The van der Waals surface area contributed by atoms with E-state index in [-0.39, 0.29) is 0 Å². The quantitative estimate of drug-likeness (QED) is 0.473. The first-order valence-electron chi connectivity index (χ1n) is 8.54. The Labute approximate surface area is 165 Å². The van der Waals surface area contributed by atoms with Crippen molar-refractivity contribution in [3.63, 3.8) is 0 Å². The van der Waals surface area contributed by atoms with E-state index in [0.29, 0.717) is 19.0 Å². The molecule has 0 aliphatic rings. The highest BCUT2D eigenvalue weighted by atomic mass is 32.1. The molecular formula is C20H19N3O2S2. The van der Waals surface area contributed by atoms with Gasteiger partial charge in [-0.25, -0.2) is 9.97 Å². The Bertz CT molecular complexity index is 1020. The van der Waals surface area contributed by atoms with Gasteiger partial charge in [-0.1, -0.05) is 36.4 Å². The molecule has 2 N–H and O–H groups in total. The van der Waals surface area contributed by atoms with Crippen molar-refractivity contribution in [1.82, 2.24) is 9.97 Å². The lowest BCUT2D eigenvalue weighted by atomic mass is 10.1. The summed E-state index contributed by atoms with van der Waals surface area (Å²) in [5, 5.41) is 18.8. The second-order valence-electron chi connectivity index (χ2n) is 6.03. The van der Waals surface area contributed by atoms with E-state index >= 15 is 0 Å². The molecular weight excluding hydrogens is 378 g/mol. The van der Waals surface area contributed by atoms with Crippen LogP contribution in [0.1, 0.15) is 16.8 Å². The predicted octanol–water partition coefficient (Wildman–Crippen LogP) is 4.71. The molecule has 138 valence electrons. The molecule has 0 bridgehead atoms. The van der Waals surface area contributed by atoms with Crippen molar-refractivity contribution in [2.45, 2.75) is 12.7 Å². The average molecular weight is 398 g/mol. The molecule has 0 aliphatic carbocycles. The molecule has 3 aromatic heterocycles. The zero-order chi connectivity index (χ0) is 18.6. The molecule has 4 rings (SSSR count). The second kappa shape index (κ2) is 8.14. The van der Waals surface area contributed by atoms with Crippen LogP contribution in [0.3, 0.4) is 0 Å². The molecule has 0 fully saturated rings. The molecule has 0 unspecified atom stereocenters. The lowest BCUT2D eigenvalue weighted by Gasteiger charge is -2.13. The van der Waals surface area contributed by atoms with E-state index in [1.165, 1.54) is 0 Å². The monoisotopic (exact) mass is 397 g/mol. The zero-order valence-corrected chi connectivity index (χ0v) is 16.4. The van der Waals surface area contributed by atoms with Crippen LogP contribution < -0.4 is 5.32 Å². The van der Waals surface area contributed by atoms with Crippen LogP contribution in [0, 0.1) is 0 Å². The van der Waals surface area contributed by atoms with Gasteiger partial charge in [-0.2, -0.15) is 0 Å². The van der Waals surface area contributed by atoms with E-state index in [2.05, 4.69) is 32.8 Å². The average Bonchev–Trinajstić information content (AvgIpc) is 3.37. The van der Waals surface area contributed by atoms with E-state index in [1.54, 1.807) is 29.8 Å². The molecule has 5 nitrogen and oxygen atoms in total. The molecule has 7 heteroatoms. The Balaban J connectivity index is 1.72. The maximum absolute atomic E-state index is 10.4. The van der Waals surface area contributed by atoms with Gasteiger partial charge in [0.05, 0.1) is 5.39 Å². The van der Waals surface area contributed by atoms with Gasteiger partial charge in [0.1, 0.15) is 23.4 Å². The van der Waals surface area contributed by atoms with Gasteiger partial charge in [-0.05, 0) is 17.0 Å². The molecule has 0 radical (unpaired) electrons. The van der Waals surface area contributed by atoms with Crippen LogP contribution in [-0.2, 0) is 11.3 Å². The molecule has 0 saturated heterocycles. The summed E-state index contributed by atoms with van der Waals surface area (Å²) in [6.45, 7) is 0.722. The minimum atomic E-state index is -0.584. The van der Waals surface area contributed by atoms with E-state index in [1.807, 2.05) is 35.7 Å². The lowest BCUT2D eigenvalue weighted by molar-refractivity contribution is 0.178. The first kappa shape index (κ1) is 18.1. The largest absolute Gasteiger partial charge is 0.386 e. The van der Waals surface area contributed by atoms with Crippen LogP contribution >= 0.6 is 22.7 Å². The molecule has 27 heavy (non-hydrogen) atoms. The number of ether oxygens (including phenoxy) is 1. The summed E-state index contributed by atoms with van der Waals surface area (Å²) in [6.07, 6.45) is -0.584. The van der Waals surface area contributed by atoms with Crippen LogP contribution in [0.25, 0.3) is 21.3 Å². The van der Waals surface area contributed by atoms with Crippen molar-refractivity contribution >= 4 is 38.7 Å². The number of aliphatic hydroxyl groups excluding tert-OH is 1. The maximum atomic E-state index is 10.4. The number of nitrogens with zero attached hydrogens (tertiary/aromatic N) is 2. The highest BCUT2D eigenvalue weighted by Crippen LogP contribution is 2.37. The number of aliphatic hydroxyl groups is 1. The van der Waals surface area contributed by atoms with E-state index in [9.17, 15) is 5.11 Å². The van der Waals surface area contributed by atoms with Crippen LogP contribution in [0.5, 0.6) is 0 Å². The van der Waals surface area contributed by atoms with Gasteiger partial charge in [-0.3, -0.25) is 0 Å². The number of thiophene rings is 2. The molecule has 3 heterocycles. The minimum absolute atomic E-state index is 0.344. The Kier molecular flexibility index (Phi) is 5.45. The second-order valence-corrected chi connectivity index (χ2v) is 7.87. The van der Waals surface area contributed by atoms with Gasteiger partial charge >= 0.3 is 0 Å². The third kappa shape index (κ3) is 3.86. The van der Waals surface area contributed by atoms with Crippen LogP contribution in [0.15, 0.2) is 53.2 Å². The van der Waals surface area contributed by atoms with Gasteiger partial charge in [0.15, 0.2) is 5.82 Å². The number of nitrogens with one attached hydrogen (secondary N) is 1. The van der Waals surface area contributed by atoms with Gasteiger partial charge < -0.3 is 15.2 Å². The van der Waals surface area contributed by atoms with Crippen molar-refractivity contribution < 1.29 is 9.84 Å². The molecule has 1 aromatic carbocycles. The third-order valence-electron chi connectivity index (χ3n) is 4.17. The summed E-state index contributed by atoms with van der Waals surface area (Å²) < 4.78 is 5.21. The number of fused-ring (bicyclic) bond motifs is 1. The van der Waals surface area contributed by atoms with E-state index in [4.69, 9.17) is 4.74 Å². The SMILES string of the molecule is COCc1nc(NC[C@H](O)c2cccs2)c2c(-c3ccccc3)csc2n1. The first-order valence-corrected chi connectivity index (χ1v) is 10.3. The van der Waals surface area contributed by atoms with Crippen molar-refractivity contribution in [1.29, 1.82) is 0 Å². The van der Waals surface area contributed by atoms with Crippen LogP contribution in [-0.4, -0.2) is 28.7 Å². The number of aromatic nitrogens is 2. The molecule has 0 amide bonds. The maximum Gasteiger partial charge on any atom is 0.158 e. The van der Waals surface area contributed by atoms with Crippen LogP contribution in [0.4, 0.5) is 5.82 Å². The summed E-state index contributed by atoms with van der Waals surface area (Å²) in [5.41, 5.74) is 2.21. The van der Waals surface area contributed by atoms with Gasteiger partial charge in [0, 0.05) is 29.5 Å². The number of benzene rings is 1. The highest BCUT2D eigenvalue weighted by Gasteiger charge is 2.17. The van der Waals surface area contributed by atoms with E-state index in [0.717, 1.165) is 32.0 Å². The Morgan fingerprint density at radius 2 is 1.96 bits per heavy atom. The van der Waals surface area contributed by atoms with Crippen LogP contribution in [0.2, 0.25) is 0 Å². The number of rotatable bonds is 7. The normalized spacial score (nSPS) is 12.4. The summed E-state index contributed by atoms with van der Waals surface area (Å²) in [5.74, 6) is 1.35. The molecule has 0 spiro atoms. The number of anilines is 1. The molecule has 0 saturated carbocycles. The minimum Gasteiger partial charge on any atom is -0.386 e. The Hall–Kier alpha value is -2.32. The van der Waals surface area contributed by atoms with Gasteiger partial charge in [0.25, 0.3) is 0 Å². The van der Waals surface area contributed by atoms with Gasteiger partial charge in [-0.15, -0.1) is 22.7 Å². The first-order chi connectivity index (χ1) is 13.3. The van der Waals surface area contributed by atoms with Gasteiger partial charge in [0.2, 0.25) is 0 Å². The van der Waals surface area contributed by atoms with Crippen molar-refractivity contribution in [3.8, 4) is 11.1 Å². The molecule has 0 aliphatic heterocycles. The summed E-state index contributed by atoms with van der Waals surface area (Å²) in [7, 11) is 1.63. The van der Waals surface area contributed by atoms with E-state index < -0.39 is 6.10 Å². The number of hydrogen-bond acceptors (Lipinski definition) is 7. The Morgan fingerprint density at radius 3 is 2.70 bits per heavy atom. The number of hydrogen-bond donors (Lipinski definition) is 2. The molecule has 4 aromatic rings.